The van der Waals surface area contributed by atoms with Crippen molar-refractivity contribution in [2.24, 2.45) is 0 Å². The summed E-state index contributed by atoms with van der Waals surface area (Å²) in [7, 11) is 0.0514. The topological polar surface area (TPSA) is 43.4 Å². The van der Waals surface area contributed by atoms with Crippen molar-refractivity contribution in [2.45, 2.75) is 10.8 Å². The Morgan fingerprint density at radius 2 is 1.76 bits per heavy atom. The van der Waals surface area contributed by atoms with E-state index in [0.717, 1.165) is 10.0 Å². The largest absolute Gasteiger partial charge is 0.469 e. The summed E-state index contributed by atoms with van der Waals surface area (Å²) in [6, 6.07) is 16.6. The summed E-state index contributed by atoms with van der Waals surface area (Å²) in [6.07, 6.45) is 0. The number of hydrogen-bond donors (Lipinski definition) is 0. The van der Waals surface area contributed by atoms with Crippen molar-refractivity contribution < 1.29 is 13.7 Å². The highest BCUT2D eigenvalue weighted by Crippen LogP contribution is 2.25. The van der Waals surface area contributed by atoms with Crippen LogP contribution in [-0.2, 0) is 20.3 Å². The van der Waals surface area contributed by atoms with E-state index in [1.807, 2.05) is 48.5 Å². The van der Waals surface area contributed by atoms with Gasteiger partial charge in [-0.3, -0.25) is 9.00 Å². The zero-order chi connectivity index (χ0) is 15.2. The standard InChI is InChI=1S/C16H15BrO3S/c1-20-16(18)13(12-7-3-2-4-8-12)11-21(19)15-10-6-5-9-14(15)17/h2-10,13H,11H2,1H3. The normalized spacial score (nSPS) is 13.4. The molecule has 110 valence electrons. The van der Waals surface area contributed by atoms with E-state index in [1.54, 1.807) is 6.07 Å². The predicted octanol–water partition coefficient (Wildman–Crippen LogP) is 3.51. The minimum Gasteiger partial charge on any atom is -0.469 e. The first-order valence-corrected chi connectivity index (χ1v) is 8.50. The third-order valence-corrected chi connectivity index (χ3v) is 5.52. The van der Waals surface area contributed by atoms with Crippen molar-refractivity contribution in [1.29, 1.82) is 0 Å². The first-order chi connectivity index (χ1) is 10.1. The van der Waals surface area contributed by atoms with Crippen LogP contribution in [0.2, 0.25) is 0 Å². The molecule has 0 aliphatic carbocycles. The van der Waals surface area contributed by atoms with Crippen LogP contribution in [0.1, 0.15) is 11.5 Å². The molecule has 0 amide bonds. The Morgan fingerprint density at radius 3 is 2.38 bits per heavy atom. The van der Waals surface area contributed by atoms with Crippen molar-refractivity contribution >= 4 is 32.7 Å². The quantitative estimate of drug-likeness (QED) is 0.760. The van der Waals surface area contributed by atoms with E-state index in [1.165, 1.54) is 7.11 Å². The molecule has 2 aromatic carbocycles. The van der Waals surface area contributed by atoms with Crippen LogP contribution >= 0.6 is 15.9 Å². The van der Waals surface area contributed by atoms with Crippen LogP contribution in [0.3, 0.4) is 0 Å². The highest BCUT2D eigenvalue weighted by molar-refractivity contribution is 9.10. The number of methoxy groups -OCH3 is 1. The lowest BCUT2D eigenvalue weighted by atomic mass is 10.0. The summed E-state index contributed by atoms with van der Waals surface area (Å²) in [5, 5.41) is 0. The number of hydrogen-bond acceptors (Lipinski definition) is 3. The molecule has 0 heterocycles. The lowest BCUT2D eigenvalue weighted by molar-refractivity contribution is -0.141. The molecule has 0 spiro atoms. The molecule has 0 aliphatic rings. The highest BCUT2D eigenvalue weighted by atomic mass is 79.9. The number of benzene rings is 2. The second kappa shape index (κ2) is 7.52. The predicted molar refractivity (Wildman–Crippen MR) is 86.6 cm³/mol. The molecule has 5 heteroatoms. The van der Waals surface area contributed by atoms with Crippen LogP contribution in [0.25, 0.3) is 0 Å². The summed E-state index contributed by atoms with van der Waals surface area (Å²) in [4.78, 5) is 12.7. The SMILES string of the molecule is COC(=O)C(CS(=O)c1ccccc1Br)c1ccccc1. The number of halogens is 1. The van der Waals surface area contributed by atoms with Crippen molar-refractivity contribution in [1.82, 2.24) is 0 Å². The average Bonchev–Trinajstić information content (AvgIpc) is 2.53. The van der Waals surface area contributed by atoms with Gasteiger partial charge in [-0.25, -0.2) is 0 Å². The molecule has 2 unspecified atom stereocenters. The Labute approximate surface area is 134 Å². The molecule has 0 aromatic heterocycles. The lowest BCUT2D eigenvalue weighted by Gasteiger charge is -2.15. The maximum Gasteiger partial charge on any atom is 0.314 e. The van der Waals surface area contributed by atoms with E-state index >= 15 is 0 Å². The molecule has 0 saturated heterocycles. The maximum atomic E-state index is 12.5. The van der Waals surface area contributed by atoms with Gasteiger partial charge in [0, 0.05) is 10.2 Å². The number of esters is 1. The third-order valence-electron chi connectivity index (χ3n) is 3.09. The smallest absolute Gasteiger partial charge is 0.314 e. The van der Waals surface area contributed by atoms with Gasteiger partial charge in [-0.2, -0.15) is 0 Å². The first-order valence-electron chi connectivity index (χ1n) is 6.39. The van der Waals surface area contributed by atoms with Crippen LogP contribution in [0.4, 0.5) is 0 Å². The van der Waals surface area contributed by atoms with Gasteiger partial charge in [0.15, 0.2) is 0 Å². The molecule has 0 aliphatic heterocycles. The molecule has 0 bridgehead atoms. The summed E-state index contributed by atoms with van der Waals surface area (Å²) < 4.78 is 18.2. The molecule has 2 atom stereocenters. The molecule has 3 nitrogen and oxygen atoms in total. The molecule has 2 aromatic rings. The van der Waals surface area contributed by atoms with Crippen molar-refractivity contribution in [2.75, 3.05) is 12.9 Å². The Hall–Kier alpha value is -1.46. The van der Waals surface area contributed by atoms with Gasteiger partial charge in [0.1, 0.15) is 0 Å². The minimum atomic E-state index is -1.30. The second-order valence-corrected chi connectivity index (χ2v) is 6.75. The molecule has 21 heavy (non-hydrogen) atoms. The summed E-state index contributed by atoms with van der Waals surface area (Å²) >= 11 is 3.39. The Bertz CT molecular complexity index is 643. The summed E-state index contributed by atoms with van der Waals surface area (Å²) in [5.74, 6) is -0.718. The number of rotatable bonds is 5. The van der Waals surface area contributed by atoms with E-state index in [9.17, 15) is 9.00 Å². The average molecular weight is 367 g/mol. The molecule has 2 rings (SSSR count). The van der Waals surface area contributed by atoms with Crippen molar-refractivity contribution in [3.63, 3.8) is 0 Å². The second-order valence-electron chi connectivity index (χ2n) is 4.43. The maximum absolute atomic E-state index is 12.5. The van der Waals surface area contributed by atoms with Gasteiger partial charge >= 0.3 is 5.97 Å². The number of carbonyl (C=O) groups excluding carboxylic acids is 1. The van der Waals surface area contributed by atoms with Crippen LogP contribution in [0.5, 0.6) is 0 Å². The van der Waals surface area contributed by atoms with E-state index < -0.39 is 16.7 Å². The van der Waals surface area contributed by atoms with Gasteiger partial charge in [0.2, 0.25) is 0 Å². The first kappa shape index (κ1) is 15.9. The van der Waals surface area contributed by atoms with Gasteiger partial charge in [0.05, 0.1) is 28.7 Å². The molecule has 0 fully saturated rings. The summed E-state index contributed by atoms with van der Waals surface area (Å²) in [5.41, 5.74) is 0.810. The summed E-state index contributed by atoms with van der Waals surface area (Å²) in [6.45, 7) is 0. The van der Waals surface area contributed by atoms with Gasteiger partial charge in [-0.15, -0.1) is 0 Å². The van der Waals surface area contributed by atoms with Crippen molar-refractivity contribution in [3.05, 3.63) is 64.6 Å². The van der Waals surface area contributed by atoms with Gasteiger partial charge in [0.25, 0.3) is 0 Å². The van der Waals surface area contributed by atoms with Crippen LogP contribution in [-0.4, -0.2) is 23.0 Å². The van der Waals surface area contributed by atoms with Gasteiger partial charge < -0.3 is 4.74 Å². The Balaban J connectivity index is 2.26. The number of ether oxygens (including phenoxy) is 1. The molecular formula is C16H15BrO3S. The zero-order valence-electron chi connectivity index (χ0n) is 11.5. The van der Waals surface area contributed by atoms with Crippen LogP contribution < -0.4 is 0 Å². The fourth-order valence-electron chi connectivity index (χ4n) is 2.00. The van der Waals surface area contributed by atoms with Crippen molar-refractivity contribution in [3.8, 4) is 0 Å². The van der Waals surface area contributed by atoms with E-state index in [0.29, 0.717) is 4.90 Å². The van der Waals surface area contributed by atoms with Gasteiger partial charge in [-0.1, -0.05) is 42.5 Å². The van der Waals surface area contributed by atoms with E-state index in [-0.39, 0.29) is 11.7 Å². The highest BCUT2D eigenvalue weighted by Gasteiger charge is 2.25. The minimum absolute atomic E-state index is 0.194. The molecule has 0 saturated carbocycles. The molecule has 0 radical (unpaired) electrons. The Morgan fingerprint density at radius 1 is 1.14 bits per heavy atom. The fourth-order valence-corrected chi connectivity index (χ4v) is 4.15. The molecular weight excluding hydrogens is 352 g/mol. The fraction of sp³-hybridized carbons (Fsp3) is 0.188. The van der Waals surface area contributed by atoms with Gasteiger partial charge in [-0.05, 0) is 33.6 Å². The molecule has 0 N–H and O–H groups in total. The lowest BCUT2D eigenvalue weighted by Crippen LogP contribution is -2.20. The zero-order valence-corrected chi connectivity index (χ0v) is 13.9. The van der Waals surface area contributed by atoms with Crippen LogP contribution in [0.15, 0.2) is 64.0 Å². The number of carbonyl (C=O) groups is 1. The van der Waals surface area contributed by atoms with E-state index in [2.05, 4.69) is 15.9 Å². The van der Waals surface area contributed by atoms with E-state index in [4.69, 9.17) is 4.74 Å². The van der Waals surface area contributed by atoms with Crippen LogP contribution in [0, 0.1) is 0 Å². The third kappa shape index (κ3) is 4.02. The Kier molecular flexibility index (Phi) is 5.70. The monoisotopic (exact) mass is 366 g/mol.